The number of para-hydroxylation sites is 1. The molecule has 0 saturated carbocycles. The van der Waals surface area contributed by atoms with Gasteiger partial charge < -0.3 is 16.0 Å². The van der Waals surface area contributed by atoms with E-state index in [4.69, 9.17) is 5.73 Å². The van der Waals surface area contributed by atoms with Gasteiger partial charge in [0.05, 0.1) is 0 Å². The van der Waals surface area contributed by atoms with Crippen LogP contribution in [-0.4, -0.2) is 50.1 Å². The summed E-state index contributed by atoms with van der Waals surface area (Å²) in [6.45, 7) is 8.37. The van der Waals surface area contributed by atoms with E-state index in [-0.39, 0.29) is 0 Å². The second kappa shape index (κ2) is 9.97. The second-order valence-electron chi connectivity index (χ2n) is 6.96. The molecule has 1 aliphatic rings. The molecule has 3 rings (SSSR count). The summed E-state index contributed by atoms with van der Waals surface area (Å²) in [5.74, 6) is 0.497. The maximum absolute atomic E-state index is 6.02. The van der Waals surface area contributed by atoms with E-state index in [1.165, 1.54) is 11.3 Å². The molecule has 2 aromatic rings. The average molecular weight is 366 g/mol. The predicted molar refractivity (Wildman–Crippen MR) is 116 cm³/mol. The lowest BCUT2D eigenvalue weighted by atomic mass is 10.1. The lowest BCUT2D eigenvalue weighted by molar-refractivity contribution is 0.256. The van der Waals surface area contributed by atoms with Crippen molar-refractivity contribution in [3.63, 3.8) is 0 Å². The number of piperazine rings is 1. The Labute approximate surface area is 162 Å². The van der Waals surface area contributed by atoms with Crippen LogP contribution in [0.25, 0.3) is 0 Å². The van der Waals surface area contributed by atoms with Gasteiger partial charge in [0.1, 0.15) is 0 Å². The van der Waals surface area contributed by atoms with Crippen LogP contribution in [0.3, 0.4) is 0 Å². The summed E-state index contributed by atoms with van der Waals surface area (Å²) in [7, 11) is 0. The Kier molecular flexibility index (Phi) is 7.11. The van der Waals surface area contributed by atoms with Crippen LogP contribution in [-0.2, 0) is 6.42 Å². The minimum absolute atomic E-state index is 0.497. The molecular formula is C22H31N5. The molecule has 1 fully saturated rings. The molecule has 1 heterocycles. The molecule has 0 aromatic heterocycles. The molecule has 0 spiro atoms. The van der Waals surface area contributed by atoms with Gasteiger partial charge >= 0.3 is 0 Å². The summed E-state index contributed by atoms with van der Waals surface area (Å²) in [6, 6.07) is 19.0. The highest BCUT2D eigenvalue weighted by molar-refractivity contribution is 5.92. The van der Waals surface area contributed by atoms with Crippen LogP contribution in [0.1, 0.15) is 18.9 Å². The number of anilines is 2. The summed E-state index contributed by atoms with van der Waals surface area (Å²) >= 11 is 0. The highest BCUT2D eigenvalue weighted by Crippen LogP contribution is 2.15. The number of nitrogens with zero attached hydrogens (tertiary/aromatic N) is 3. The number of guanidine groups is 1. The number of rotatable bonds is 7. The van der Waals surface area contributed by atoms with Gasteiger partial charge in [-0.15, -0.1) is 0 Å². The molecule has 1 saturated heterocycles. The quantitative estimate of drug-likeness (QED) is 0.449. The third kappa shape index (κ3) is 6.00. The summed E-state index contributed by atoms with van der Waals surface area (Å²) < 4.78 is 0. The van der Waals surface area contributed by atoms with E-state index in [1.54, 1.807) is 0 Å². The predicted octanol–water partition coefficient (Wildman–Crippen LogP) is 3.19. The smallest absolute Gasteiger partial charge is 0.193 e. The minimum atomic E-state index is 0.497. The Morgan fingerprint density at radius 1 is 1.04 bits per heavy atom. The van der Waals surface area contributed by atoms with Crippen molar-refractivity contribution in [1.82, 2.24) is 4.90 Å². The Balaban J connectivity index is 1.36. The topological polar surface area (TPSA) is 56.9 Å². The molecule has 27 heavy (non-hydrogen) atoms. The van der Waals surface area contributed by atoms with Gasteiger partial charge in [-0.25, -0.2) is 0 Å². The van der Waals surface area contributed by atoms with Crippen LogP contribution in [0.15, 0.2) is 59.6 Å². The van der Waals surface area contributed by atoms with E-state index in [2.05, 4.69) is 69.5 Å². The van der Waals surface area contributed by atoms with Crippen LogP contribution in [0.4, 0.5) is 11.4 Å². The highest BCUT2D eigenvalue weighted by atomic mass is 15.3. The molecule has 0 bridgehead atoms. The third-order valence-electron chi connectivity index (χ3n) is 5.02. The first-order valence-electron chi connectivity index (χ1n) is 9.93. The molecule has 5 heteroatoms. The Bertz CT molecular complexity index is 720. The normalized spacial score (nSPS) is 15.7. The minimum Gasteiger partial charge on any atom is -0.370 e. The van der Waals surface area contributed by atoms with E-state index in [0.29, 0.717) is 5.96 Å². The highest BCUT2D eigenvalue weighted by Gasteiger charge is 2.16. The zero-order valence-electron chi connectivity index (χ0n) is 16.3. The summed E-state index contributed by atoms with van der Waals surface area (Å²) in [4.78, 5) is 9.44. The van der Waals surface area contributed by atoms with Gasteiger partial charge in [0.25, 0.3) is 0 Å². The van der Waals surface area contributed by atoms with Gasteiger partial charge in [-0.3, -0.25) is 9.89 Å². The summed E-state index contributed by atoms with van der Waals surface area (Å²) in [6.07, 6.45) is 2.05. The third-order valence-corrected chi connectivity index (χ3v) is 5.02. The lowest BCUT2D eigenvalue weighted by Gasteiger charge is -2.36. The largest absolute Gasteiger partial charge is 0.370 e. The summed E-state index contributed by atoms with van der Waals surface area (Å²) in [5.41, 5.74) is 9.65. The maximum Gasteiger partial charge on any atom is 0.193 e. The fourth-order valence-electron chi connectivity index (χ4n) is 3.42. The zero-order valence-corrected chi connectivity index (χ0v) is 16.3. The molecule has 0 atom stereocenters. The van der Waals surface area contributed by atoms with Crippen molar-refractivity contribution in [2.24, 2.45) is 10.7 Å². The molecule has 3 N–H and O–H groups in total. The van der Waals surface area contributed by atoms with Crippen molar-refractivity contribution >= 4 is 17.3 Å². The molecule has 0 unspecified atom stereocenters. The van der Waals surface area contributed by atoms with Gasteiger partial charge in [-0.1, -0.05) is 37.3 Å². The van der Waals surface area contributed by atoms with Crippen LogP contribution in [0.2, 0.25) is 0 Å². The monoisotopic (exact) mass is 365 g/mol. The van der Waals surface area contributed by atoms with Crippen LogP contribution in [0, 0.1) is 0 Å². The number of benzene rings is 2. The van der Waals surface area contributed by atoms with Gasteiger partial charge in [0.2, 0.25) is 0 Å². The van der Waals surface area contributed by atoms with E-state index in [1.807, 2.05) is 12.1 Å². The van der Waals surface area contributed by atoms with E-state index >= 15 is 0 Å². The first-order chi connectivity index (χ1) is 13.2. The molecule has 2 aromatic carbocycles. The molecule has 144 valence electrons. The van der Waals surface area contributed by atoms with Crippen molar-refractivity contribution in [2.45, 2.75) is 19.8 Å². The fourth-order valence-corrected chi connectivity index (χ4v) is 3.42. The average Bonchev–Trinajstić information content (AvgIpc) is 2.72. The number of hydrogen-bond donors (Lipinski definition) is 2. The van der Waals surface area contributed by atoms with Crippen molar-refractivity contribution in [3.05, 3.63) is 60.2 Å². The Morgan fingerprint density at radius 3 is 2.56 bits per heavy atom. The number of hydrogen-bond acceptors (Lipinski definition) is 3. The number of nitrogens with one attached hydrogen (secondary N) is 1. The first kappa shape index (κ1) is 19.2. The maximum atomic E-state index is 6.02. The van der Waals surface area contributed by atoms with Crippen molar-refractivity contribution in [3.8, 4) is 0 Å². The molecule has 0 radical (unpaired) electrons. The van der Waals surface area contributed by atoms with Crippen LogP contribution >= 0.6 is 0 Å². The standard InChI is InChI=1S/C22H31N5/c1-2-19-8-6-9-20(18-19)25-22(23)24-12-7-13-26-14-16-27(17-15-26)21-10-4-3-5-11-21/h3-6,8-11,18H,2,7,12-17H2,1H3,(H3,23,24,25). The van der Waals surface area contributed by atoms with Gasteiger partial charge in [0, 0.05) is 50.6 Å². The van der Waals surface area contributed by atoms with Gasteiger partial charge in [-0.05, 0) is 42.7 Å². The van der Waals surface area contributed by atoms with Crippen molar-refractivity contribution < 1.29 is 0 Å². The van der Waals surface area contributed by atoms with Crippen LogP contribution < -0.4 is 16.0 Å². The van der Waals surface area contributed by atoms with E-state index < -0.39 is 0 Å². The number of aliphatic imine (C=N–C) groups is 1. The molecule has 5 nitrogen and oxygen atoms in total. The lowest BCUT2D eigenvalue weighted by Crippen LogP contribution is -2.46. The molecule has 0 amide bonds. The van der Waals surface area contributed by atoms with Gasteiger partial charge in [0.15, 0.2) is 5.96 Å². The van der Waals surface area contributed by atoms with Gasteiger partial charge in [-0.2, -0.15) is 0 Å². The number of nitrogens with two attached hydrogens (primary N) is 1. The first-order valence-corrected chi connectivity index (χ1v) is 9.93. The Morgan fingerprint density at radius 2 is 1.81 bits per heavy atom. The molecular weight excluding hydrogens is 334 g/mol. The van der Waals surface area contributed by atoms with Crippen molar-refractivity contribution in [2.75, 3.05) is 49.5 Å². The molecule has 1 aliphatic heterocycles. The second-order valence-corrected chi connectivity index (χ2v) is 6.96. The fraction of sp³-hybridized carbons (Fsp3) is 0.409. The summed E-state index contributed by atoms with van der Waals surface area (Å²) in [5, 5.41) is 3.19. The molecule has 0 aliphatic carbocycles. The Hall–Kier alpha value is -2.53. The van der Waals surface area contributed by atoms with E-state index in [9.17, 15) is 0 Å². The number of aryl methyl sites for hydroxylation is 1. The van der Waals surface area contributed by atoms with Crippen molar-refractivity contribution in [1.29, 1.82) is 0 Å². The van der Waals surface area contributed by atoms with Crippen LogP contribution in [0.5, 0.6) is 0 Å². The SMILES string of the molecule is CCc1cccc(NC(N)=NCCCN2CCN(c3ccccc3)CC2)c1. The zero-order chi connectivity index (χ0) is 18.9. The van der Waals surface area contributed by atoms with E-state index in [0.717, 1.165) is 57.8 Å².